The fraction of sp³-hybridized carbons (Fsp3) is 0.588. The van der Waals surface area contributed by atoms with Crippen LogP contribution in [0, 0.1) is 5.82 Å². The number of piperazine rings is 1. The number of quaternary nitrogens is 1. The van der Waals surface area contributed by atoms with Crippen LogP contribution in [-0.2, 0) is 14.8 Å². The number of rotatable bonds is 7. The monoisotopic (exact) mass is 372 g/mol. The number of amides is 1. The molecule has 8 heteroatoms. The molecule has 1 saturated heterocycles. The van der Waals surface area contributed by atoms with Crippen LogP contribution in [0.3, 0.4) is 0 Å². The lowest BCUT2D eigenvalue weighted by Gasteiger charge is -2.31. The van der Waals surface area contributed by atoms with Crippen molar-refractivity contribution in [3.05, 3.63) is 30.1 Å². The largest absolute Gasteiger partial charge is 0.349 e. The van der Waals surface area contributed by atoms with Crippen LogP contribution in [0.15, 0.2) is 29.2 Å². The van der Waals surface area contributed by atoms with E-state index in [1.165, 1.54) is 16.4 Å². The van der Waals surface area contributed by atoms with E-state index >= 15 is 0 Å². The molecule has 1 aliphatic rings. The van der Waals surface area contributed by atoms with Crippen LogP contribution in [0.5, 0.6) is 0 Å². The molecule has 2 N–H and O–H groups in total. The number of carbonyl (C=O) groups is 1. The van der Waals surface area contributed by atoms with Crippen molar-refractivity contribution in [1.29, 1.82) is 0 Å². The molecule has 2 rings (SSSR count). The van der Waals surface area contributed by atoms with E-state index in [9.17, 15) is 17.6 Å². The average molecular weight is 372 g/mol. The Morgan fingerprint density at radius 2 is 1.76 bits per heavy atom. The van der Waals surface area contributed by atoms with E-state index in [1.807, 2.05) is 13.8 Å². The first-order valence-corrected chi connectivity index (χ1v) is 10.2. The fourth-order valence-electron chi connectivity index (χ4n) is 2.97. The van der Waals surface area contributed by atoms with Crippen molar-refractivity contribution in [1.82, 2.24) is 9.62 Å². The van der Waals surface area contributed by atoms with Crippen molar-refractivity contribution >= 4 is 15.9 Å². The van der Waals surface area contributed by atoms with Crippen molar-refractivity contribution in [3.63, 3.8) is 0 Å². The lowest BCUT2D eigenvalue weighted by Crippen LogP contribution is -3.15. The van der Waals surface area contributed by atoms with Crippen LogP contribution in [0.2, 0.25) is 0 Å². The minimum atomic E-state index is -3.60. The Bertz CT molecular complexity index is 667. The summed E-state index contributed by atoms with van der Waals surface area (Å²) in [6.45, 7) is 6.32. The van der Waals surface area contributed by atoms with Gasteiger partial charge in [0, 0.05) is 6.04 Å². The third-order valence-corrected chi connectivity index (χ3v) is 6.56. The molecule has 6 nitrogen and oxygen atoms in total. The smallest absolute Gasteiger partial charge is 0.275 e. The molecular formula is C17H27FN3O3S+. The molecule has 1 aromatic carbocycles. The van der Waals surface area contributed by atoms with E-state index in [0.29, 0.717) is 32.7 Å². The standard InChI is InChI=1S/C17H26FN3O3S/c1-3-15(4-2)19-17(22)13-20-9-11-21(12-10-20)25(23,24)16-7-5-14(18)6-8-16/h5-8,15H,3-4,9-13H2,1-2H3,(H,19,22)/p+1. The van der Waals surface area contributed by atoms with Gasteiger partial charge >= 0.3 is 0 Å². The first kappa shape index (κ1) is 19.8. The van der Waals surface area contributed by atoms with Crippen LogP contribution in [-0.4, -0.2) is 57.4 Å². The number of nitrogens with zero attached hydrogens (tertiary/aromatic N) is 1. The molecule has 1 heterocycles. The lowest BCUT2D eigenvalue weighted by atomic mass is 10.2. The van der Waals surface area contributed by atoms with Gasteiger partial charge in [0.1, 0.15) is 5.82 Å². The number of benzene rings is 1. The highest BCUT2D eigenvalue weighted by atomic mass is 32.2. The van der Waals surface area contributed by atoms with Crippen LogP contribution < -0.4 is 10.2 Å². The highest BCUT2D eigenvalue weighted by Gasteiger charge is 2.31. The zero-order valence-electron chi connectivity index (χ0n) is 14.8. The van der Waals surface area contributed by atoms with Crippen LogP contribution >= 0.6 is 0 Å². The minimum absolute atomic E-state index is 0.0125. The molecule has 0 unspecified atom stereocenters. The summed E-state index contributed by atoms with van der Waals surface area (Å²) in [5.74, 6) is -0.449. The molecule has 1 fully saturated rings. The molecule has 1 aromatic rings. The van der Waals surface area contributed by atoms with Gasteiger partial charge in [-0.1, -0.05) is 13.8 Å². The summed E-state index contributed by atoms with van der Waals surface area (Å²) in [7, 11) is -3.60. The maximum atomic E-state index is 13.0. The Kier molecular flexibility index (Phi) is 6.92. The summed E-state index contributed by atoms with van der Waals surface area (Å²) in [4.78, 5) is 13.3. The molecule has 0 atom stereocenters. The van der Waals surface area contributed by atoms with E-state index in [0.717, 1.165) is 29.9 Å². The van der Waals surface area contributed by atoms with Crippen molar-refractivity contribution in [2.45, 2.75) is 37.6 Å². The average Bonchev–Trinajstić information content (AvgIpc) is 2.60. The van der Waals surface area contributed by atoms with Gasteiger partial charge in [-0.3, -0.25) is 4.79 Å². The molecule has 1 amide bonds. The van der Waals surface area contributed by atoms with Crippen LogP contribution in [0.1, 0.15) is 26.7 Å². The zero-order chi connectivity index (χ0) is 18.4. The molecule has 1 aliphatic heterocycles. The van der Waals surface area contributed by atoms with Crippen molar-refractivity contribution < 1.29 is 22.5 Å². The predicted molar refractivity (Wildman–Crippen MR) is 93.2 cm³/mol. The SMILES string of the molecule is CCC(CC)NC(=O)C[NH+]1CCN(S(=O)(=O)c2ccc(F)cc2)CC1. The number of carbonyl (C=O) groups excluding carboxylic acids is 1. The van der Waals surface area contributed by atoms with Gasteiger partial charge in [0.15, 0.2) is 6.54 Å². The summed E-state index contributed by atoms with van der Waals surface area (Å²) in [6, 6.07) is 5.07. The van der Waals surface area contributed by atoms with Crippen molar-refractivity contribution in [2.24, 2.45) is 0 Å². The molecule has 140 valence electrons. The molecule has 25 heavy (non-hydrogen) atoms. The van der Waals surface area contributed by atoms with Crippen molar-refractivity contribution in [2.75, 3.05) is 32.7 Å². The Hall–Kier alpha value is -1.51. The molecule has 0 bridgehead atoms. The first-order valence-electron chi connectivity index (χ1n) is 8.75. The predicted octanol–water partition coefficient (Wildman–Crippen LogP) is 0.0197. The van der Waals surface area contributed by atoms with E-state index in [4.69, 9.17) is 0 Å². The van der Waals surface area contributed by atoms with Gasteiger partial charge in [0.2, 0.25) is 10.0 Å². The molecule has 0 aliphatic carbocycles. The third kappa shape index (κ3) is 5.23. The molecule has 0 radical (unpaired) electrons. The van der Waals surface area contributed by atoms with Crippen molar-refractivity contribution in [3.8, 4) is 0 Å². The van der Waals surface area contributed by atoms with Gasteiger partial charge in [0.25, 0.3) is 5.91 Å². The fourth-order valence-corrected chi connectivity index (χ4v) is 4.42. The maximum absolute atomic E-state index is 13.0. The summed E-state index contributed by atoms with van der Waals surface area (Å²) in [5, 5.41) is 3.01. The number of hydrogen-bond acceptors (Lipinski definition) is 3. The summed E-state index contributed by atoms with van der Waals surface area (Å²) in [5.41, 5.74) is 0. The Morgan fingerprint density at radius 3 is 2.28 bits per heavy atom. The highest BCUT2D eigenvalue weighted by Crippen LogP contribution is 2.15. The summed E-state index contributed by atoms with van der Waals surface area (Å²) >= 11 is 0. The van der Waals surface area contributed by atoms with E-state index < -0.39 is 15.8 Å². The third-order valence-electron chi connectivity index (χ3n) is 4.64. The van der Waals surface area contributed by atoms with Gasteiger partial charge in [-0.15, -0.1) is 0 Å². The summed E-state index contributed by atoms with van der Waals surface area (Å²) in [6.07, 6.45) is 1.81. The Balaban J connectivity index is 1.88. The number of nitrogens with one attached hydrogen (secondary N) is 2. The quantitative estimate of drug-likeness (QED) is 0.709. The Morgan fingerprint density at radius 1 is 1.20 bits per heavy atom. The molecular weight excluding hydrogens is 345 g/mol. The van der Waals surface area contributed by atoms with Gasteiger partial charge in [-0.05, 0) is 37.1 Å². The normalized spacial score (nSPS) is 17.0. The highest BCUT2D eigenvalue weighted by molar-refractivity contribution is 7.89. The maximum Gasteiger partial charge on any atom is 0.275 e. The molecule has 0 spiro atoms. The Labute approximate surface area is 149 Å². The number of hydrogen-bond donors (Lipinski definition) is 2. The van der Waals surface area contributed by atoms with Crippen LogP contribution in [0.4, 0.5) is 4.39 Å². The van der Waals surface area contributed by atoms with E-state index in [-0.39, 0.29) is 16.8 Å². The number of sulfonamides is 1. The second-order valence-electron chi connectivity index (χ2n) is 6.37. The number of halogens is 1. The van der Waals surface area contributed by atoms with Gasteiger partial charge in [-0.2, -0.15) is 4.31 Å². The lowest BCUT2D eigenvalue weighted by molar-refractivity contribution is -0.895. The zero-order valence-corrected chi connectivity index (χ0v) is 15.6. The second kappa shape index (κ2) is 8.73. The topological polar surface area (TPSA) is 70.9 Å². The molecule has 0 saturated carbocycles. The second-order valence-corrected chi connectivity index (χ2v) is 8.30. The van der Waals surface area contributed by atoms with E-state index in [2.05, 4.69) is 5.32 Å². The first-order chi connectivity index (χ1) is 11.9. The van der Waals surface area contributed by atoms with Gasteiger partial charge in [-0.25, -0.2) is 12.8 Å². The minimum Gasteiger partial charge on any atom is -0.349 e. The molecule has 0 aromatic heterocycles. The van der Waals surface area contributed by atoms with E-state index in [1.54, 1.807) is 0 Å². The van der Waals surface area contributed by atoms with Crippen LogP contribution in [0.25, 0.3) is 0 Å². The van der Waals surface area contributed by atoms with Gasteiger partial charge in [0.05, 0.1) is 31.1 Å². The summed E-state index contributed by atoms with van der Waals surface area (Å²) < 4.78 is 39.5. The van der Waals surface area contributed by atoms with Gasteiger partial charge < -0.3 is 10.2 Å².